The second-order valence-electron chi connectivity index (χ2n) is 6.87. The van der Waals surface area contributed by atoms with Crippen molar-refractivity contribution in [3.63, 3.8) is 0 Å². The largest absolute Gasteiger partial charge is 0.135 e. The van der Waals surface area contributed by atoms with Gasteiger partial charge in [0.1, 0.15) is 0 Å². The summed E-state index contributed by atoms with van der Waals surface area (Å²) < 4.78 is 2.75. The van der Waals surface area contributed by atoms with Crippen LogP contribution in [0.25, 0.3) is 47.8 Å². The molecule has 0 unspecified atom stereocenters. The van der Waals surface area contributed by atoms with Crippen molar-refractivity contribution >= 4 is 59.1 Å². The number of unbranched alkanes of at least 4 members (excludes halogenated alkanes) is 1. The summed E-state index contributed by atoms with van der Waals surface area (Å²) in [7, 11) is 0. The highest BCUT2D eigenvalue weighted by atomic mass is 32.1. The lowest BCUT2D eigenvalue weighted by atomic mass is 9.98. The summed E-state index contributed by atoms with van der Waals surface area (Å²) in [4.78, 5) is 0. The zero-order chi connectivity index (χ0) is 17.5. The normalized spacial score (nSPS) is 12.2. The molecule has 26 heavy (non-hydrogen) atoms. The van der Waals surface area contributed by atoms with Crippen LogP contribution in [-0.2, 0) is 0 Å². The van der Waals surface area contributed by atoms with Crippen molar-refractivity contribution in [1.29, 1.82) is 0 Å². The van der Waals surface area contributed by atoms with Crippen molar-refractivity contribution in [3.8, 4) is 0 Å². The van der Waals surface area contributed by atoms with Gasteiger partial charge in [0.25, 0.3) is 0 Å². The average molecular weight is 353 g/mol. The smallest absolute Gasteiger partial charge is 0.0361 e. The summed E-state index contributed by atoms with van der Waals surface area (Å²) in [6.07, 6.45) is 6.86. The highest BCUT2D eigenvalue weighted by Gasteiger charge is 2.10. The minimum atomic E-state index is 1.14. The van der Waals surface area contributed by atoms with E-state index in [0.717, 1.165) is 6.42 Å². The molecule has 1 heteroatoms. The quantitative estimate of drug-likeness (QED) is 0.287. The lowest BCUT2D eigenvalue weighted by Gasteiger charge is -2.05. The van der Waals surface area contributed by atoms with Gasteiger partial charge in [-0.2, -0.15) is 0 Å². The molecule has 0 aliphatic heterocycles. The molecular formula is C25H20S. The van der Waals surface area contributed by atoms with E-state index in [9.17, 15) is 0 Å². The van der Waals surface area contributed by atoms with Crippen molar-refractivity contribution in [3.05, 3.63) is 78.4 Å². The van der Waals surface area contributed by atoms with E-state index in [0.29, 0.717) is 0 Å². The Morgan fingerprint density at radius 3 is 2.54 bits per heavy atom. The van der Waals surface area contributed by atoms with Crippen LogP contribution in [0.4, 0.5) is 0 Å². The minimum Gasteiger partial charge on any atom is -0.135 e. The lowest BCUT2D eigenvalue weighted by Crippen LogP contribution is -1.78. The predicted octanol–water partition coefficient (Wildman–Crippen LogP) is 8.17. The Kier molecular flexibility index (Phi) is 3.76. The highest BCUT2D eigenvalue weighted by Crippen LogP contribution is 2.40. The van der Waals surface area contributed by atoms with Gasteiger partial charge < -0.3 is 0 Å². The van der Waals surface area contributed by atoms with Gasteiger partial charge in [0.2, 0.25) is 0 Å². The van der Waals surface area contributed by atoms with Gasteiger partial charge in [0, 0.05) is 20.2 Å². The van der Waals surface area contributed by atoms with Crippen molar-refractivity contribution in [2.24, 2.45) is 0 Å². The molecule has 0 atom stereocenters. The molecule has 0 saturated carbocycles. The molecule has 0 radical (unpaired) electrons. The van der Waals surface area contributed by atoms with Gasteiger partial charge in [-0.15, -0.1) is 11.3 Å². The van der Waals surface area contributed by atoms with Crippen LogP contribution >= 0.6 is 11.3 Å². The molecule has 126 valence electrons. The van der Waals surface area contributed by atoms with E-state index in [4.69, 9.17) is 0 Å². The molecule has 0 aliphatic rings. The molecule has 5 aromatic rings. The number of hydrogen-bond acceptors (Lipinski definition) is 1. The van der Waals surface area contributed by atoms with Gasteiger partial charge >= 0.3 is 0 Å². The predicted molar refractivity (Wildman–Crippen MR) is 118 cm³/mol. The summed E-state index contributed by atoms with van der Waals surface area (Å²) in [5.41, 5.74) is 1.30. The molecule has 1 heterocycles. The number of hydrogen-bond donors (Lipinski definition) is 0. The highest BCUT2D eigenvalue weighted by molar-refractivity contribution is 7.26. The summed E-state index contributed by atoms with van der Waals surface area (Å²) in [5, 5.41) is 8.13. The minimum absolute atomic E-state index is 1.14. The number of rotatable bonds is 3. The van der Waals surface area contributed by atoms with Crippen LogP contribution in [0, 0.1) is 0 Å². The van der Waals surface area contributed by atoms with E-state index in [1.54, 1.807) is 0 Å². The van der Waals surface area contributed by atoms with E-state index < -0.39 is 0 Å². The Balaban J connectivity index is 1.80. The third-order valence-electron chi connectivity index (χ3n) is 5.15. The maximum absolute atomic E-state index is 2.33. The molecule has 4 aromatic carbocycles. The molecule has 0 nitrogen and oxygen atoms in total. The first-order chi connectivity index (χ1) is 12.8. The fourth-order valence-electron chi connectivity index (χ4n) is 3.87. The summed E-state index contributed by atoms with van der Waals surface area (Å²) in [6, 6.07) is 24.7. The van der Waals surface area contributed by atoms with Crippen molar-refractivity contribution in [1.82, 2.24) is 0 Å². The second-order valence-corrected chi connectivity index (χ2v) is 7.95. The van der Waals surface area contributed by atoms with Crippen LogP contribution in [0.3, 0.4) is 0 Å². The third-order valence-corrected chi connectivity index (χ3v) is 6.27. The SMILES string of the molecule is CCC/C=C/c1ccc2c(c1)sc1ccc3c4ccccc4ccc3c12. The van der Waals surface area contributed by atoms with E-state index >= 15 is 0 Å². The number of allylic oxidation sites excluding steroid dienone is 1. The van der Waals surface area contributed by atoms with Gasteiger partial charge in [-0.1, -0.05) is 80.1 Å². The standard InChI is InChI=1S/C25H20S/c1-2-3-4-7-17-10-12-22-24(16-17)26-23-15-14-20-19-9-6-5-8-18(19)11-13-21(20)25(22)23/h4-16H,2-3H2,1H3/b7-4+. The summed E-state index contributed by atoms with van der Waals surface area (Å²) in [5.74, 6) is 0. The van der Waals surface area contributed by atoms with Gasteiger partial charge in [-0.25, -0.2) is 0 Å². The van der Waals surface area contributed by atoms with E-state index in [1.165, 1.54) is 53.7 Å². The zero-order valence-electron chi connectivity index (χ0n) is 14.8. The molecule has 1 aromatic heterocycles. The van der Waals surface area contributed by atoms with Crippen LogP contribution in [0.2, 0.25) is 0 Å². The van der Waals surface area contributed by atoms with Crippen LogP contribution < -0.4 is 0 Å². The first-order valence-electron chi connectivity index (χ1n) is 9.28. The van der Waals surface area contributed by atoms with Crippen LogP contribution in [-0.4, -0.2) is 0 Å². The molecule has 0 spiro atoms. The van der Waals surface area contributed by atoms with Gasteiger partial charge in [0.05, 0.1) is 0 Å². The summed E-state index contributed by atoms with van der Waals surface area (Å²) in [6.45, 7) is 2.22. The number of fused-ring (bicyclic) bond motifs is 7. The fourth-order valence-corrected chi connectivity index (χ4v) is 5.04. The monoisotopic (exact) mass is 352 g/mol. The van der Waals surface area contributed by atoms with E-state index in [-0.39, 0.29) is 0 Å². The molecule has 0 N–H and O–H groups in total. The second kappa shape index (κ2) is 6.26. The van der Waals surface area contributed by atoms with E-state index in [2.05, 4.69) is 85.8 Å². The van der Waals surface area contributed by atoms with E-state index in [1.807, 2.05) is 11.3 Å². The molecule has 0 saturated heterocycles. The Bertz CT molecular complexity index is 1290. The third kappa shape index (κ3) is 2.43. The summed E-state index contributed by atoms with van der Waals surface area (Å²) >= 11 is 1.90. The zero-order valence-corrected chi connectivity index (χ0v) is 15.6. The lowest BCUT2D eigenvalue weighted by molar-refractivity contribution is 0.962. The molecule has 0 amide bonds. The molecule has 5 rings (SSSR count). The fraction of sp³-hybridized carbons (Fsp3) is 0.120. The maximum atomic E-state index is 2.33. The van der Waals surface area contributed by atoms with Gasteiger partial charge in [0.15, 0.2) is 0 Å². The number of benzene rings is 4. The first-order valence-corrected chi connectivity index (χ1v) is 10.1. The number of thiophene rings is 1. The molecule has 0 fully saturated rings. The molecular weight excluding hydrogens is 332 g/mol. The maximum Gasteiger partial charge on any atom is 0.0361 e. The van der Waals surface area contributed by atoms with Gasteiger partial charge in [-0.05, 0) is 45.7 Å². The topological polar surface area (TPSA) is 0 Å². The van der Waals surface area contributed by atoms with Crippen molar-refractivity contribution < 1.29 is 0 Å². The first kappa shape index (κ1) is 15.6. The van der Waals surface area contributed by atoms with Gasteiger partial charge in [-0.3, -0.25) is 0 Å². The Morgan fingerprint density at radius 2 is 1.62 bits per heavy atom. The van der Waals surface area contributed by atoms with Crippen LogP contribution in [0.15, 0.2) is 72.8 Å². The Labute approximate surface area is 157 Å². The Morgan fingerprint density at radius 1 is 0.769 bits per heavy atom. The molecule has 0 bridgehead atoms. The van der Waals surface area contributed by atoms with Crippen molar-refractivity contribution in [2.75, 3.05) is 0 Å². The Hall–Kier alpha value is -2.64. The van der Waals surface area contributed by atoms with Crippen LogP contribution in [0.5, 0.6) is 0 Å². The molecule has 0 aliphatic carbocycles. The van der Waals surface area contributed by atoms with Crippen LogP contribution in [0.1, 0.15) is 25.3 Å². The van der Waals surface area contributed by atoms with Crippen molar-refractivity contribution in [2.45, 2.75) is 19.8 Å². The average Bonchev–Trinajstić information content (AvgIpc) is 3.06.